The van der Waals surface area contributed by atoms with E-state index in [2.05, 4.69) is 41.3 Å². The van der Waals surface area contributed by atoms with Crippen molar-refractivity contribution in [3.8, 4) is 17.0 Å². The second-order valence-corrected chi connectivity index (χ2v) is 11.7. The number of hydrogen-bond acceptors (Lipinski definition) is 4. The molecule has 0 radical (unpaired) electrons. The summed E-state index contributed by atoms with van der Waals surface area (Å²) >= 11 is 6.46. The van der Waals surface area contributed by atoms with Crippen LogP contribution in [0.5, 0.6) is 5.75 Å². The summed E-state index contributed by atoms with van der Waals surface area (Å²) in [6.07, 6.45) is 5.03. The molecule has 2 aliphatic heterocycles. The summed E-state index contributed by atoms with van der Waals surface area (Å²) in [5.41, 5.74) is 4.18. The number of piperidine rings is 1. The molecule has 0 spiro atoms. The van der Waals surface area contributed by atoms with Crippen LogP contribution in [-0.4, -0.2) is 46.2 Å². The molecule has 1 aromatic heterocycles. The van der Waals surface area contributed by atoms with Gasteiger partial charge in [-0.05, 0) is 92.7 Å². The van der Waals surface area contributed by atoms with E-state index in [9.17, 15) is 4.79 Å². The number of ether oxygens (including phenoxy) is 1. The van der Waals surface area contributed by atoms with Gasteiger partial charge in [0.05, 0.1) is 17.3 Å². The van der Waals surface area contributed by atoms with E-state index in [1.165, 1.54) is 12.8 Å². The highest BCUT2D eigenvalue weighted by Crippen LogP contribution is 2.36. The molecule has 39 heavy (non-hydrogen) atoms. The van der Waals surface area contributed by atoms with Crippen molar-refractivity contribution in [2.24, 2.45) is 5.92 Å². The summed E-state index contributed by atoms with van der Waals surface area (Å²) < 4.78 is 6.38. The SMILES string of the molecule is CC(C)C(NC(=O)c1ccc2[nH]nc(-c3ccc(O[C@@H]4C[C@H]5CC[C@@H](C4)N5C)cc3)c2c1)c1ccccc1Cl. The number of benzene rings is 3. The molecule has 2 fully saturated rings. The van der Waals surface area contributed by atoms with Crippen LogP contribution in [0.15, 0.2) is 66.7 Å². The van der Waals surface area contributed by atoms with Crippen LogP contribution in [0.25, 0.3) is 22.2 Å². The smallest absolute Gasteiger partial charge is 0.251 e. The Kier molecular flexibility index (Phi) is 7.08. The van der Waals surface area contributed by atoms with E-state index in [4.69, 9.17) is 16.3 Å². The van der Waals surface area contributed by atoms with Gasteiger partial charge in [0, 0.05) is 33.6 Å². The van der Waals surface area contributed by atoms with Crippen LogP contribution < -0.4 is 10.1 Å². The maximum absolute atomic E-state index is 13.4. The molecule has 4 aromatic rings. The van der Waals surface area contributed by atoms with Gasteiger partial charge in [-0.15, -0.1) is 0 Å². The Balaban J connectivity index is 1.20. The number of hydrogen-bond donors (Lipinski definition) is 2. The third-order valence-corrected chi connectivity index (χ3v) is 8.85. The summed E-state index contributed by atoms with van der Waals surface area (Å²) in [5.74, 6) is 0.929. The van der Waals surface area contributed by atoms with Gasteiger partial charge >= 0.3 is 0 Å². The molecule has 3 heterocycles. The zero-order valence-electron chi connectivity index (χ0n) is 22.7. The van der Waals surface area contributed by atoms with Crippen molar-refractivity contribution >= 4 is 28.4 Å². The molecule has 2 aliphatic rings. The van der Waals surface area contributed by atoms with Crippen molar-refractivity contribution < 1.29 is 9.53 Å². The van der Waals surface area contributed by atoms with Crippen molar-refractivity contribution in [3.05, 3.63) is 82.9 Å². The van der Waals surface area contributed by atoms with Crippen molar-refractivity contribution in [2.45, 2.75) is 63.8 Å². The number of carbonyl (C=O) groups excluding carboxylic acids is 1. The largest absolute Gasteiger partial charge is 0.490 e. The number of aromatic nitrogens is 2. The quantitative estimate of drug-likeness (QED) is 0.263. The van der Waals surface area contributed by atoms with Gasteiger partial charge < -0.3 is 15.0 Å². The maximum Gasteiger partial charge on any atom is 0.251 e. The van der Waals surface area contributed by atoms with Crippen LogP contribution in [0.1, 0.15) is 61.5 Å². The monoisotopic (exact) mass is 542 g/mol. The number of nitrogens with zero attached hydrogens (tertiary/aromatic N) is 2. The van der Waals surface area contributed by atoms with E-state index < -0.39 is 0 Å². The molecule has 4 atom stereocenters. The summed E-state index contributed by atoms with van der Waals surface area (Å²) in [6.45, 7) is 4.16. The Hall–Kier alpha value is -3.35. The summed E-state index contributed by atoms with van der Waals surface area (Å²) in [6, 6.07) is 22.6. The highest BCUT2D eigenvalue weighted by molar-refractivity contribution is 6.31. The fourth-order valence-electron chi connectivity index (χ4n) is 6.27. The lowest BCUT2D eigenvalue weighted by Gasteiger charge is -2.36. The van der Waals surface area contributed by atoms with E-state index in [0.29, 0.717) is 22.7 Å². The van der Waals surface area contributed by atoms with Crippen molar-refractivity contribution in [1.29, 1.82) is 0 Å². The van der Waals surface area contributed by atoms with Gasteiger partial charge in [-0.3, -0.25) is 9.89 Å². The van der Waals surface area contributed by atoms with Crippen LogP contribution in [0.2, 0.25) is 5.02 Å². The second kappa shape index (κ2) is 10.7. The molecule has 7 heteroatoms. The first-order valence-corrected chi connectivity index (χ1v) is 14.3. The highest BCUT2D eigenvalue weighted by atomic mass is 35.5. The molecule has 2 saturated heterocycles. The molecule has 6 rings (SSSR count). The molecule has 2 N–H and O–H groups in total. The van der Waals surface area contributed by atoms with Crippen molar-refractivity contribution in [1.82, 2.24) is 20.4 Å². The normalized spacial score (nSPS) is 21.8. The van der Waals surface area contributed by atoms with E-state index in [-0.39, 0.29) is 24.0 Å². The van der Waals surface area contributed by atoms with E-state index in [0.717, 1.165) is 46.3 Å². The van der Waals surface area contributed by atoms with Crippen LogP contribution in [0, 0.1) is 5.92 Å². The van der Waals surface area contributed by atoms with Crippen LogP contribution in [-0.2, 0) is 0 Å². The van der Waals surface area contributed by atoms with Crippen molar-refractivity contribution in [3.63, 3.8) is 0 Å². The van der Waals surface area contributed by atoms with E-state index in [1.54, 1.807) is 0 Å². The maximum atomic E-state index is 13.4. The summed E-state index contributed by atoms with van der Waals surface area (Å²) in [5, 5.41) is 12.4. The molecule has 0 saturated carbocycles. The summed E-state index contributed by atoms with van der Waals surface area (Å²) in [4.78, 5) is 15.9. The summed E-state index contributed by atoms with van der Waals surface area (Å²) in [7, 11) is 2.25. The standard InChI is InChI=1S/C32H35ClN4O2/c1-19(2)30(26-6-4-5-7-28(26)33)34-32(38)21-10-15-29-27(16-21)31(36-35-29)20-8-13-24(14-9-20)39-25-17-22-11-12-23(18-25)37(22)3/h4-10,13-16,19,22-23,25,30H,11-12,17-18H2,1-3H3,(H,34,38)(H,35,36)/t22-,23+,25-,30?. The Morgan fingerprint density at radius 2 is 1.77 bits per heavy atom. The third-order valence-electron chi connectivity index (χ3n) is 8.50. The molecule has 2 bridgehead atoms. The second-order valence-electron chi connectivity index (χ2n) is 11.3. The molecular weight excluding hydrogens is 508 g/mol. The first-order chi connectivity index (χ1) is 18.9. The number of fused-ring (bicyclic) bond motifs is 3. The number of rotatable bonds is 7. The molecule has 6 nitrogen and oxygen atoms in total. The number of H-pyrrole nitrogens is 1. The molecule has 3 aromatic carbocycles. The van der Waals surface area contributed by atoms with Gasteiger partial charge in [-0.25, -0.2) is 0 Å². The minimum Gasteiger partial charge on any atom is -0.490 e. The Labute approximate surface area is 234 Å². The van der Waals surface area contributed by atoms with Gasteiger partial charge in [0.15, 0.2) is 0 Å². The van der Waals surface area contributed by atoms with E-state index in [1.807, 2.05) is 66.7 Å². The van der Waals surface area contributed by atoms with Crippen LogP contribution >= 0.6 is 11.6 Å². The van der Waals surface area contributed by atoms with Crippen LogP contribution in [0.4, 0.5) is 0 Å². The molecule has 1 unspecified atom stereocenters. The molecular formula is C32H35ClN4O2. The lowest BCUT2D eigenvalue weighted by molar-refractivity contribution is 0.0662. The topological polar surface area (TPSA) is 70.2 Å². The first-order valence-electron chi connectivity index (χ1n) is 13.9. The van der Waals surface area contributed by atoms with Gasteiger partial charge in [0.25, 0.3) is 5.91 Å². The predicted molar refractivity (Wildman–Crippen MR) is 156 cm³/mol. The van der Waals surface area contributed by atoms with Crippen molar-refractivity contribution in [2.75, 3.05) is 7.05 Å². The predicted octanol–water partition coefficient (Wildman–Crippen LogP) is 7.01. The number of amides is 1. The highest BCUT2D eigenvalue weighted by Gasteiger charge is 2.39. The average molecular weight is 543 g/mol. The first kappa shape index (κ1) is 25.9. The lowest BCUT2D eigenvalue weighted by Crippen LogP contribution is -2.43. The number of carbonyl (C=O) groups is 1. The van der Waals surface area contributed by atoms with Gasteiger partial charge in [0.2, 0.25) is 0 Å². The lowest BCUT2D eigenvalue weighted by atomic mass is 9.95. The molecule has 0 aliphatic carbocycles. The fourth-order valence-corrected chi connectivity index (χ4v) is 6.53. The Bertz CT molecular complexity index is 1470. The van der Waals surface area contributed by atoms with Gasteiger partial charge in [0.1, 0.15) is 11.9 Å². The zero-order chi connectivity index (χ0) is 27.1. The van der Waals surface area contributed by atoms with E-state index >= 15 is 0 Å². The zero-order valence-corrected chi connectivity index (χ0v) is 23.4. The van der Waals surface area contributed by atoms with Gasteiger partial charge in [-0.1, -0.05) is 43.6 Å². The molecule has 202 valence electrons. The Morgan fingerprint density at radius 1 is 1.05 bits per heavy atom. The fraction of sp³-hybridized carbons (Fsp3) is 0.375. The number of nitrogens with one attached hydrogen (secondary N) is 2. The minimum absolute atomic E-state index is 0.140. The average Bonchev–Trinajstić information content (AvgIpc) is 3.43. The van der Waals surface area contributed by atoms with Crippen LogP contribution in [0.3, 0.4) is 0 Å². The molecule has 1 amide bonds. The number of halogens is 1. The van der Waals surface area contributed by atoms with Gasteiger partial charge in [-0.2, -0.15) is 5.10 Å². The number of aromatic amines is 1. The minimum atomic E-state index is -0.196. The Morgan fingerprint density at radius 3 is 2.46 bits per heavy atom. The third kappa shape index (κ3) is 5.15.